The number of ether oxygens (including phenoxy) is 1. The maximum absolute atomic E-state index is 6.03. The number of hydrogen-bond donors (Lipinski definition) is 2. The molecule has 1 atom stereocenters. The van der Waals surface area contributed by atoms with E-state index in [4.69, 9.17) is 4.74 Å². The lowest BCUT2D eigenvalue weighted by Gasteiger charge is -2.24. The first kappa shape index (κ1) is 9.73. The van der Waals surface area contributed by atoms with Gasteiger partial charge >= 0.3 is 0 Å². The Labute approximate surface area is 94.8 Å². The molecule has 0 spiro atoms. The fraction of sp³-hybridized carbons (Fsp3) is 0.385. The van der Waals surface area contributed by atoms with Crippen LogP contribution in [0, 0.1) is 0 Å². The quantitative estimate of drug-likeness (QED) is 0.808. The van der Waals surface area contributed by atoms with Crippen molar-refractivity contribution in [2.24, 2.45) is 0 Å². The maximum atomic E-state index is 6.03. The third-order valence-electron chi connectivity index (χ3n) is 3.09. The highest BCUT2D eigenvalue weighted by Crippen LogP contribution is 2.25. The molecule has 1 aromatic carbocycles. The van der Waals surface area contributed by atoms with Crippen molar-refractivity contribution in [3.63, 3.8) is 0 Å². The Morgan fingerprint density at radius 3 is 3.12 bits per heavy atom. The standard InChI is InChI=1S/C13H16N2O/c1-3-10-6-8-15-13(10)12(5-1)16-11-4-2-7-14-9-11/h1,3,5-6,8,11,14-15H,2,4,7,9H2. The fourth-order valence-corrected chi connectivity index (χ4v) is 2.25. The van der Waals surface area contributed by atoms with Crippen molar-refractivity contribution < 1.29 is 4.74 Å². The Morgan fingerprint density at radius 2 is 2.25 bits per heavy atom. The van der Waals surface area contributed by atoms with Crippen LogP contribution in [-0.2, 0) is 0 Å². The lowest BCUT2D eigenvalue weighted by atomic mass is 10.1. The predicted octanol–water partition coefficient (Wildman–Crippen LogP) is 2.30. The van der Waals surface area contributed by atoms with Crippen molar-refractivity contribution in [3.05, 3.63) is 30.5 Å². The third-order valence-corrected chi connectivity index (χ3v) is 3.09. The van der Waals surface area contributed by atoms with E-state index in [1.807, 2.05) is 18.3 Å². The molecule has 3 heteroatoms. The number of fused-ring (bicyclic) bond motifs is 1. The first-order chi connectivity index (χ1) is 7.93. The van der Waals surface area contributed by atoms with E-state index in [2.05, 4.69) is 22.4 Å². The summed E-state index contributed by atoms with van der Waals surface area (Å²) in [6.07, 6.45) is 4.61. The van der Waals surface area contributed by atoms with Gasteiger partial charge in [-0.25, -0.2) is 0 Å². The van der Waals surface area contributed by atoms with Crippen LogP contribution in [0.25, 0.3) is 10.9 Å². The number of para-hydroxylation sites is 1. The minimum Gasteiger partial charge on any atom is -0.487 e. The second kappa shape index (κ2) is 4.18. The van der Waals surface area contributed by atoms with E-state index < -0.39 is 0 Å². The number of piperidine rings is 1. The highest BCUT2D eigenvalue weighted by Gasteiger charge is 2.15. The lowest BCUT2D eigenvalue weighted by molar-refractivity contribution is 0.169. The van der Waals surface area contributed by atoms with E-state index in [-0.39, 0.29) is 0 Å². The van der Waals surface area contributed by atoms with Gasteiger partial charge in [0.05, 0.1) is 5.52 Å². The summed E-state index contributed by atoms with van der Waals surface area (Å²) in [4.78, 5) is 3.23. The van der Waals surface area contributed by atoms with Crippen LogP contribution in [-0.4, -0.2) is 24.2 Å². The largest absolute Gasteiger partial charge is 0.487 e. The van der Waals surface area contributed by atoms with Crippen LogP contribution in [0.3, 0.4) is 0 Å². The Hall–Kier alpha value is -1.48. The first-order valence-corrected chi connectivity index (χ1v) is 5.87. The molecule has 1 saturated heterocycles. The smallest absolute Gasteiger partial charge is 0.143 e. The minimum atomic E-state index is 0.308. The molecule has 1 fully saturated rings. The van der Waals surface area contributed by atoms with Crippen LogP contribution >= 0.6 is 0 Å². The van der Waals surface area contributed by atoms with Crippen LogP contribution in [0.2, 0.25) is 0 Å². The number of hydrogen-bond acceptors (Lipinski definition) is 2. The monoisotopic (exact) mass is 216 g/mol. The number of benzene rings is 1. The number of aromatic amines is 1. The van der Waals surface area contributed by atoms with Crippen LogP contribution in [0.5, 0.6) is 5.75 Å². The highest BCUT2D eigenvalue weighted by atomic mass is 16.5. The average molecular weight is 216 g/mol. The SMILES string of the molecule is c1cc(OC2CCCNC2)c2[nH]ccc2c1. The van der Waals surface area contributed by atoms with E-state index in [1.54, 1.807) is 0 Å². The summed E-state index contributed by atoms with van der Waals surface area (Å²) >= 11 is 0. The molecule has 0 bridgehead atoms. The average Bonchev–Trinajstić information content (AvgIpc) is 2.80. The molecule has 84 valence electrons. The number of nitrogens with one attached hydrogen (secondary N) is 2. The van der Waals surface area contributed by atoms with E-state index in [1.165, 1.54) is 11.8 Å². The van der Waals surface area contributed by atoms with Crippen molar-refractivity contribution in [1.82, 2.24) is 10.3 Å². The molecular formula is C13H16N2O. The zero-order valence-electron chi connectivity index (χ0n) is 9.20. The van der Waals surface area contributed by atoms with Gasteiger partial charge in [0, 0.05) is 18.1 Å². The summed E-state index contributed by atoms with van der Waals surface area (Å²) in [5, 5.41) is 4.57. The predicted molar refractivity (Wildman–Crippen MR) is 64.8 cm³/mol. The maximum Gasteiger partial charge on any atom is 0.143 e. The number of H-pyrrole nitrogens is 1. The Kier molecular flexibility index (Phi) is 2.54. The molecule has 1 aliphatic heterocycles. The molecule has 1 unspecified atom stereocenters. The highest BCUT2D eigenvalue weighted by molar-refractivity contribution is 5.85. The molecule has 0 radical (unpaired) electrons. The van der Waals surface area contributed by atoms with Crippen LogP contribution in [0.15, 0.2) is 30.5 Å². The second-order valence-electron chi connectivity index (χ2n) is 4.28. The van der Waals surface area contributed by atoms with Crippen molar-refractivity contribution in [1.29, 1.82) is 0 Å². The number of rotatable bonds is 2. The van der Waals surface area contributed by atoms with E-state index in [9.17, 15) is 0 Å². The molecule has 3 rings (SSSR count). The normalized spacial score (nSPS) is 21.1. The molecule has 2 heterocycles. The van der Waals surface area contributed by atoms with Crippen LogP contribution in [0.4, 0.5) is 0 Å². The summed E-state index contributed by atoms with van der Waals surface area (Å²) in [6, 6.07) is 8.24. The Balaban J connectivity index is 1.85. The molecular weight excluding hydrogens is 200 g/mol. The van der Waals surface area contributed by atoms with Crippen molar-refractivity contribution in [2.75, 3.05) is 13.1 Å². The van der Waals surface area contributed by atoms with Crippen LogP contribution in [0.1, 0.15) is 12.8 Å². The van der Waals surface area contributed by atoms with Gasteiger partial charge in [-0.15, -0.1) is 0 Å². The third kappa shape index (κ3) is 1.78. The molecule has 1 aliphatic rings. The van der Waals surface area contributed by atoms with Gasteiger partial charge in [-0.05, 0) is 31.5 Å². The zero-order chi connectivity index (χ0) is 10.8. The Bertz CT molecular complexity index is 471. The zero-order valence-corrected chi connectivity index (χ0v) is 9.20. The van der Waals surface area contributed by atoms with Crippen LogP contribution < -0.4 is 10.1 Å². The summed E-state index contributed by atoms with van der Waals surface area (Å²) < 4.78 is 6.03. The molecule has 3 nitrogen and oxygen atoms in total. The molecule has 16 heavy (non-hydrogen) atoms. The van der Waals surface area contributed by atoms with Gasteiger partial charge in [0.15, 0.2) is 0 Å². The van der Waals surface area contributed by atoms with Gasteiger partial charge < -0.3 is 15.0 Å². The van der Waals surface area contributed by atoms with E-state index >= 15 is 0 Å². The molecule has 2 aromatic rings. The summed E-state index contributed by atoms with van der Waals surface area (Å²) in [6.45, 7) is 2.07. The minimum absolute atomic E-state index is 0.308. The van der Waals surface area contributed by atoms with Crippen molar-refractivity contribution >= 4 is 10.9 Å². The van der Waals surface area contributed by atoms with Gasteiger partial charge in [0.1, 0.15) is 11.9 Å². The van der Waals surface area contributed by atoms with Gasteiger partial charge in [-0.1, -0.05) is 12.1 Å². The fourth-order valence-electron chi connectivity index (χ4n) is 2.25. The number of aromatic nitrogens is 1. The first-order valence-electron chi connectivity index (χ1n) is 5.87. The molecule has 0 saturated carbocycles. The Morgan fingerprint density at radius 1 is 1.25 bits per heavy atom. The molecule has 2 N–H and O–H groups in total. The summed E-state index contributed by atoms with van der Waals surface area (Å²) in [5.41, 5.74) is 1.10. The van der Waals surface area contributed by atoms with Crippen molar-refractivity contribution in [3.8, 4) is 5.75 Å². The lowest BCUT2D eigenvalue weighted by Crippen LogP contribution is -2.37. The van der Waals surface area contributed by atoms with Gasteiger partial charge in [0.25, 0.3) is 0 Å². The molecule has 0 amide bonds. The van der Waals surface area contributed by atoms with Gasteiger partial charge in [-0.2, -0.15) is 0 Å². The van der Waals surface area contributed by atoms with Crippen molar-refractivity contribution in [2.45, 2.75) is 18.9 Å². The molecule has 1 aromatic heterocycles. The second-order valence-corrected chi connectivity index (χ2v) is 4.28. The van der Waals surface area contributed by atoms with Gasteiger partial charge in [0.2, 0.25) is 0 Å². The summed E-state index contributed by atoms with van der Waals surface area (Å²) in [5.74, 6) is 0.969. The summed E-state index contributed by atoms with van der Waals surface area (Å²) in [7, 11) is 0. The van der Waals surface area contributed by atoms with E-state index in [0.717, 1.165) is 30.8 Å². The van der Waals surface area contributed by atoms with E-state index in [0.29, 0.717) is 6.10 Å². The topological polar surface area (TPSA) is 37.0 Å². The van der Waals surface area contributed by atoms with Gasteiger partial charge in [-0.3, -0.25) is 0 Å². The molecule has 0 aliphatic carbocycles.